The lowest BCUT2D eigenvalue weighted by Gasteiger charge is -2.18. The predicted octanol–water partition coefficient (Wildman–Crippen LogP) is 23.2. The van der Waals surface area contributed by atoms with E-state index in [1.807, 2.05) is 6.08 Å². The Balaban J connectivity index is 4.36. The van der Waals surface area contributed by atoms with Gasteiger partial charge in [-0.1, -0.05) is 293 Å². The Hall–Kier alpha value is -5.49. The highest BCUT2D eigenvalue weighted by Gasteiger charge is 2.19. The lowest BCUT2D eigenvalue weighted by Crippen LogP contribution is -2.30. The molecule has 0 aromatic rings. The molecule has 0 aromatic heterocycles. The van der Waals surface area contributed by atoms with E-state index in [1.165, 1.54) is 77.0 Å². The van der Waals surface area contributed by atoms with Gasteiger partial charge in [0.15, 0.2) is 6.10 Å². The van der Waals surface area contributed by atoms with Crippen LogP contribution in [0.1, 0.15) is 265 Å². The normalized spacial score (nSPS) is 13.3. The van der Waals surface area contributed by atoms with Crippen LogP contribution in [-0.2, 0) is 28.6 Å². The molecule has 0 rings (SSSR count). The summed E-state index contributed by atoms with van der Waals surface area (Å²) in [6, 6.07) is 0. The van der Waals surface area contributed by atoms with E-state index in [0.717, 1.165) is 148 Å². The number of unbranched alkanes of at least 4 members (excludes halogenated alkanes) is 18. The maximum absolute atomic E-state index is 12.9. The number of ether oxygens (including phenoxy) is 3. The average Bonchev–Trinajstić information content (AvgIpc) is 3.49. The Morgan fingerprint density at radius 1 is 0.253 bits per heavy atom. The number of hydrogen-bond acceptors (Lipinski definition) is 6. The molecule has 0 saturated carbocycles. The van der Waals surface area contributed by atoms with Crippen LogP contribution in [0.5, 0.6) is 0 Å². The monoisotopic (exact) mass is 1140 g/mol. The van der Waals surface area contributed by atoms with Crippen molar-refractivity contribution in [3.05, 3.63) is 182 Å². The molecule has 0 aliphatic carbocycles. The molecular formula is C77H120O6. The maximum Gasteiger partial charge on any atom is 0.309 e. The fourth-order valence-corrected chi connectivity index (χ4v) is 8.57. The minimum absolute atomic E-state index is 0.117. The Kier molecular flexibility index (Phi) is 64.4. The van der Waals surface area contributed by atoms with Crippen molar-refractivity contribution in [2.75, 3.05) is 13.2 Å². The molecule has 0 aromatic carbocycles. The van der Waals surface area contributed by atoms with Gasteiger partial charge in [0.2, 0.25) is 0 Å². The zero-order valence-corrected chi connectivity index (χ0v) is 53.1. The van der Waals surface area contributed by atoms with Crippen molar-refractivity contribution >= 4 is 17.9 Å². The third kappa shape index (κ3) is 67.2. The maximum atomic E-state index is 12.9. The fraction of sp³-hybridized carbons (Fsp3) is 0.571. The molecule has 0 fully saturated rings. The summed E-state index contributed by atoms with van der Waals surface area (Å²) in [7, 11) is 0. The molecule has 1 unspecified atom stereocenters. The van der Waals surface area contributed by atoms with E-state index in [9.17, 15) is 14.4 Å². The molecule has 0 saturated heterocycles. The average molecular weight is 1140 g/mol. The van der Waals surface area contributed by atoms with Crippen molar-refractivity contribution in [2.24, 2.45) is 0 Å². The van der Waals surface area contributed by atoms with Gasteiger partial charge in [0, 0.05) is 12.8 Å². The standard InChI is InChI=1S/C77H120O6/c1-4-7-10-13-16-19-22-25-28-30-31-32-33-34-35-36-37-38-39-40-41-42-43-44-45-47-49-52-55-58-61-64-67-70-76(79)82-73-74(72-81-75(78)69-66-63-60-57-54-51-48-27-24-21-18-15-12-9-6-3)83-77(80)71-68-65-62-59-56-53-50-46-29-26-23-20-17-14-11-8-5-2/h7-12,16-21,25-29,31-32,34-35,37-38,40-41,48,54,57,63,66,74H,4-6,13-15,22-24,30,33,36,39,42-47,49-53,55-56,58-62,64-65,67-73H2,1-3H3/b10-7-,11-8-,12-9-,19-16-,20-17-,21-18-,28-25-,29-26-,32-31-,35-34-,38-37-,41-40-,48-27-,57-54-,66-63-. The zero-order chi connectivity index (χ0) is 59.9. The van der Waals surface area contributed by atoms with Gasteiger partial charge >= 0.3 is 17.9 Å². The Labute approximate surface area is 510 Å². The Morgan fingerprint density at radius 2 is 0.482 bits per heavy atom. The van der Waals surface area contributed by atoms with Crippen molar-refractivity contribution in [2.45, 2.75) is 271 Å². The topological polar surface area (TPSA) is 78.9 Å². The first kappa shape index (κ1) is 77.5. The van der Waals surface area contributed by atoms with Crippen LogP contribution in [0.15, 0.2) is 182 Å². The van der Waals surface area contributed by atoms with E-state index in [2.05, 4.69) is 191 Å². The molecule has 0 aliphatic heterocycles. The van der Waals surface area contributed by atoms with Crippen LogP contribution >= 0.6 is 0 Å². The molecule has 0 heterocycles. The molecule has 6 heteroatoms. The summed E-state index contributed by atoms with van der Waals surface area (Å²) < 4.78 is 16.8. The van der Waals surface area contributed by atoms with Gasteiger partial charge in [-0.2, -0.15) is 0 Å². The Bertz CT molecular complexity index is 1940. The largest absolute Gasteiger partial charge is 0.462 e. The van der Waals surface area contributed by atoms with Gasteiger partial charge in [0.05, 0.1) is 6.42 Å². The molecule has 0 N–H and O–H groups in total. The summed E-state index contributed by atoms with van der Waals surface area (Å²) in [6.45, 7) is 6.20. The van der Waals surface area contributed by atoms with Gasteiger partial charge in [-0.05, 0) is 135 Å². The van der Waals surface area contributed by atoms with Crippen LogP contribution in [0.3, 0.4) is 0 Å². The second kappa shape index (κ2) is 69.0. The summed E-state index contributed by atoms with van der Waals surface area (Å²) >= 11 is 0. The van der Waals surface area contributed by atoms with Crippen molar-refractivity contribution in [3.8, 4) is 0 Å². The first-order chi connectivity index (χ1) is 41.0. The zero-order valence-electron chi connectivity index (χ0n) is 53.1. The third-order valence-corrected chi connectivity index (χ3v) is 13.4. The first-order valence-corrected chi connectivity index (χ1v) is 33.3. The van der Waals surface area contributed by atoms with E-state index >= 15 is 0 Å². The van der Waals surface area contributed by atoms with Crippen molar-refractivity contribution < 1.29 is 28.6 Å². The predicted molar refractivity (Wildman–Crippen MR) is 361 cm³/mol. The van der Waals surface area contributed by atoms with Gasteiger partial charge in [0.1, 0.15) is 13.2 Å². The molecule has 464 valence electrons. The minimum Gasteiger partial charge on any atom is -0.462 e. The molecule has 0 radical (unpaired) electrons. The molecule has 0 bridgehead atoms. The van der Waals surface area contributed by atoms with Gasteiger partial charge in [-0.3, -0.25) is 14.4 Å². The van der Waals surface area contributed by atoms with Crippen LogP contribution < -0.4 is 0 Å². The van der Waals surface area contributed by atoms with E-state index in [4.69, 9.17) is 14.2 Å². The van der Waals surface area contributed by atoms with E-state index < -0.39 is 12.1 Å². The molecular weight excluding hydrogens is 1020 g/mol. The fourth-order valence-electron chi connectivity index (χ4n) is 8.57. The molecule has 1 atom stereocenters. The number of hydrogen-bond donors (Lipinski definition) is 0. The Morgan fingerprint density at radius 3 is 0.783 bits per heavy atom. The molecule has 0 aliphatic rings. The summed E-state index contributed by atoms with van der Waals surface area (Å²) in [5.41, 5.74) is 0. The lowest BCUT2D eigenvalue weighted by atomic mass is 10.0. The van der Waals surface area contributed by atoms with Crippen LogP contribution in [0.2, 0.25) is 0 Å². The molecule has 0 spiro atoms. The smallest absolute Gasteiger partial charge is 0.309 e. The first-order valence-electron chi connectivity index (χ1n) is 33.3. The van der Waals surface area contributed by atoms with Crippen LogP contribution in [-0.4, -0.2) is 37.2 Å². The van der Waals surface area contributed by atoms with Crippen molar-refractivity contribution in [1.82, 2.24) is 0 Å². The highest BCUT2D eigenvalue weighted by Crippen LogP contribution is 2.15. The molecule has 83 heavy (non-hydrogen) atoms. The summed E-state index contributed by atoms with van der Waals surface area (Å²) in [5, 5.41) is 0. The summed E-state index contributed by atoms with van der Waals surface area (Å²) in [4.78, 5) is 38.3. The van der Waals surface area contributed by atoms with Crippen LogP contribution in [0.25, 0.3) is 0 Å². The van der Waals surface area contributed by atoms with Crippen molar-refractivity contribution in [3.63, 3.8) is 0 Å². The van der Waals surface area contributed by atoms with Gasteiger partial charge in [-0.15, -0.1) is 0 Å². The quantitative estimate of drug-likeness (QED) is 0.0261. The minimum atomic E-state index is -0.835. The lowest BCUT2D eigenvalue weighted by molar-refractivity contribution is -0.166. The SMILES string of the molecule is CC/C=C\C/C=C\C/C=C\C/C=C\C/C=C\C/C=C\C/C=C\CCCCCCCCCCCCCC(=O)OCC(COC(=O)C/C=C\C/C=C\C/C=C\C/C=C\C/C=C\CC)OC(=O)CCCCCCCCC/C=C\C/C=C\C/C=C\CC. The summed E-state index contributed by atoms with van der Waals surface area (Å²) in [5.74, 6) is -1.07. The van der Waals surface area contributed by atoms with Gasteiger partial charge in [-0.25, -0.2) is 0 Å². The number of rotatable bonds is 58. The molecule has 6 nitrogen and oxygen atoms in total. The van der Waals surface area contributed by atoms with Gasteiger partial charge in [0.25, 0.3) is 0 Å². The second-order valence-corrected chi connectivity index (χ2v) is 21.2. The number of carbonyl (C=O) groups is 3. The highest BCUT2D eigenvalue weighted by atomic mass is 16.6. The molecule has 0 amide bonds. The van der Waals surface area contributed by atoms with Crippen LogP contribution in [0.4, 0.5) is 0 Å². The van der Waals surface area contributed by atoms with Crippen molar-refractivity contribution in [1.29, 1.82) is 0 Å². The number of allylic oxidation sites excluding steroid dienone is 29. The second-order valence-electron chi connectivity index (χ2n) is 21.2. The van der Waals surface area contributed by atoms with Gasteiger partial charge < -0.3 is 14.2 Å². The van der Waals surface area contributed by atoms with E-state index in [1.54, 1.807) is 6.08 Å². The number of esters is 3. The van der Waals surface area contributed by atoms with E-state index in [0.29, 0.717) is 6.42 Å². The van der Waals surface area contributed by atoms with E-state index in [-0.39, 0.29) is 38.0 Å². The number of carbonyl (C=O) groups excluding carboxylic acids is 3. The third-order valence-electron chi connectivity index (χ3n) is 13.4. The summed E-state index contributed by atoms with van der Waals surface area (Å²) in [6.07, 6.45) is 104. The van der Waals surface area contributed by atoms with Crippen LogP contribution in [0, 0.1) is 0 Å². The highest BCUT2D eigenvalue weighted by molar-refractivity contribution is 5.72.